The molecule has 3 nitrogen and oxygen atoms in total. The molecular formula is C15H12F3N3. The fourth-order valence-corrected chi connectivity index (χ4v) is 2.30. The van der Waals surface area contributed by atoms with Crippen LogP contribution in [0.15, 0.2) is 24.5 Å². The van der Waals surface area contributed by atoms with Crippen molar-refractivity contribution in [2.75, 3.05) is 0 Å². The molecule has 0 aliphatic heterocycles. The van der Waals surface area contributed by atoms with Crippen molar-refractivity contribution < 1.29 is 13.2 Å². The van der Waals surface area contributed by atoms with Gasteiger partial charge in [-0.2, -0.15) is 18.4 Å². The Hall–Kier alpha value is -2.42. The van der Waals surface area contributed by atoms with Crippen molar-refractivity contribution in [1.82, 2.24) is 9.97 Å². The Bertz CT molecular complexity index is 715. The molecule has 0 spiro atoms. The number of hydrogen-bond acceptors (Lipinski definition) is 3. The van der Waals surface area contributed by atoms with Crippen LogP contribution < -0.4 is 0 Å². The second kappa shape index (κ2) is 5.52. The fraction of sp³-hybridized carbons (Fsp3) is 0.267. The molecule has 2 aromatic rings. The summed E-state index contributed by atoms with van der Waals surface area (Å²) in [6.45, 7) is 3.21. The largest absolute Gasteiger partial charge is 0.433 e. The number of hydrogen-bond donors (Lipinski definition) is 0. The van der Waals surface area contributed by atoms with Gasteiger partial charge in [-0.05, 0) is 42.2 Å². The van der Waals surface area contributed by atoms with Gasteiger partial charge in [0, 0.05) is 18.0 Å². The molecule has 2 aromatic heterocycles. The van der Waals surface area contributed by atoms with Gasteiger partial charge in [-0.25, -0.2) is 4.98 Å². The molecule has 0 aromatic carbocycles. The van der Waals surface area contributed by atoms with Crippen molar-refractivity contribution in [3.63, 3.8) is 0 Å². The maximum absolute atomic E-state index is 12.9. The highest BCUT2D eigenvalue weighted by molar-refractivity contribution is 5.69. The summed E-state index contributed by atoms with van der Waals surface area (Å²) in [6, 6.07) is 5.11. The maximum Gasteiger partial charge on any atom is 0.433 e. The normalized spacial score (nSPS) is 11.2. The van der Waals surface area contributed by atoms with Gasteiger partial charge in [-0.15, -0.1) is 0 Å². The molecule has 0 unspecified atom stereocenters. The van der Waals surface area contributed by atoms with Gasteiger partial charge in [-0.3, -0.25) is 4.98 Å². The number of pyridine rings is 2. The smallest absolute Gasteiger partial charge is 0.251 e. The number of alkyl halides is 3. The number of nitrogens with zero attached hydrogens (tertiary/aromatic N) is 3. The molecular weight excluding hydrogens is 279 g/mol. The second-order valence-electron chi connectivity index (χ2n) is 4.52. The summed E-state index contributed by atoms with van der Waals surface area (Å²) in [5.41, 5.74) is 1.29. The number of rotatable bonds is 2. The third kappa shape index (κ3) is 2.87. The Morgan fingerprint density at radius 3 is 2.57 bits per heavy atom. The first-order chi connectivity index (χ1) is 9.88. The minimum Gasteiger partial charge on any atom is -0.251 e. The van der Waals surface area contributed by atoms with Crippen molar-refractivity contribution in [1.29, 1.82) is 5.26 Å². The number of nitriles is 1. The van der Waals surface area contributed by atoms with Crippen LogP contribution in [0.1, 0.15) is 29.4 Å². The quantitative estimate of drug-likeness (QED) is 0.843. The van der Waals surface area contributed by atoms with Crippen LogP contribution >= 0.6 is 0 Å². The average Bonchev–Trinajstić information content (AvgIpc) is 2.45. The predicted octanol–water partition coefficient (Wildman–Crippen LogP) is 3.90. The summed E-state index contributed by atoms with van der Waals surface area (Å²) in [6.07, 6.45) is -1.36. The standard InChI is InChI=1S/C15H12F3N3/c1-3-12-9(2)14(15(16,17)18)21-8-13(12)10-4-5-20-11(6-10)7-19/h4-6,8H,3H2,1-2H3. The molecule has 0 atom stereocenters. The van der Waals surface area contributed by atoms with Gasteiger partial charge < -0.3 is 0 Å². The summed E-state index contributed by atoms with van der Waals surface area (Å²) in [5.74, 6) is 0. The first-order valence-corrected chi connectivity index (χ1v) is 6.30. The van der Waals surface area contributed by atoms with Crippen LogP contribution in [0.2, 0.25) is 0 Å². The van der Waals surface area contributed by atoms with Crippen LogP contribution in [0.4, 0.5) is 13.2 Å². The highest BCUT2D eigenvalue weighted by Crippen LogP contribution is 2.35. The molecule has 0 radical (unpaired) electrons. The van der Waals surface area contributed by atoms with E-state index in [1.165, 1.54) is 19.3 Å². The molecule has 0 aliphatic rings. The van der Waals surface area contributed by atoms with E-state index in [0.29, 0.717) is 23.1 Å². The van der Waals surface area contributed by atoms with E-state index >= 15 is 0 Å². The third-order valence-corrected chi connectivity index (χ3v) is 3.26. The molecule has 0 N–H and O–H groups in total. The second-order valence-corrected chi connectivity index (χ2v) is 4.52. The molecule has 6 heteroatoms. The Morgan fingerprint density at radius 1 is 1.29 bits per heavy atom. The Balaban J connectivity index is 2.66. The van der Waals surface area contributed by atoms with Crippen molar-refractivity contribution in [3.8, 4) is 17.2 Å². The lowest BCUT2D eigenvalue weighted by molar-refractivity contribution is -0.141. The molecule has 108 valence electrons. The van der Waals surface area contributed by atoms with E-state index in [1.54, 1.807) is 19.1 Å². The van der Waals surface area contributed by atoms with Crippen LogP contribution in [0.3, 0.4) is 0 Å². The van der Waals surface area contributed by atoms with Gasteiger partial charge in [0.1, 0.15) is 17.5 Å². The molecule has 0 fully saturated rings. The van der Waals surface area contributed by atoms with Gasteiger partial charge >= 0.3 is 6.18 Å². The SMILES string of the molecule is CCc1c(-c2ccnc(C#N)c2)cnc(C(F)(F)F)c1C. The minimum absolute atomic E-state index is 0.123. The van der Waals surface area contributed by atoms with Crippen LogP contribution in [-0.4, -0.2) is 9.97 Å². The van der Waals surface area contributed by atoms with Crippen molar-refractivity contribution in [2.24, 2.45) is 0 Å². The van der Waals surface area contributed by atoms with E-state index in [0.717, 1.165) is 0 Å². The molecule has 0 aliphatic carbocycles. The first-order valence-electron chi connectivity index (χ1n) is 6.30. The molecule has 0 amide bonds. The lowest BCUT2D eigenvalue weighted by Crippen LogP contribution is -2.12. The third-order valence-electron chi connectivity index (χ3n) is 3.26. The molecule has 21 heavy (non-hydrogen) atoms. The summed E-state index contributed by atoms with van der Waals surface area (Å²) < 4.78 is 38.7. The van der Waals surface area contributed by atoms with E-state index in [2.05, 4.69) is 9.97 Å². The average molecular weight is 291 g/mol. The summed E-state index contributed by atoms with van der Waals surface area (Å²) >= 11 is 0. The Labute approximate surface area is 120 Å². The van der Waals surface area contributed by atoms with Crippen molar-refractivity contribution in [2.45, 2.75) is 26.4 Å². The fourth-order valence-electron chi connectivity index (χ4n) is 2.30. The van der Waals surface area contributed by atoms with Crippen molar-refractivity contribution >= 4 is 0 Å². The maximum atomic E-state index is 12.9. The summed E-state index contributed by atoms with van der Waals surface area (Å²) in [5, 5.41) is 8.86. The number of aromatic nitrogens is 2. The summed E-state index contributed by atoms with van der Waals surface area (Å²) in [4.78, 5) is 7.42. The van der Waals surface area contributed by atoms with Gasteiger partial charge in [0.15, 0.2) is 0 Å². The van der Waals surface area contributed by atoms with Gasteiger partial charge in [0.2, 0.25) is 0 Å². The molecule has 0 saturated carbocycles. The van der Waals surface area contributed by atoms with E-state index in [4.69, 9.17) is 5.26 Å². The zero-order valence-corrected chi connectivity index (χ0v) is 11.5. The lowest BCUT2D eigenvalue weighted by Gasteiger charge is -2.16. The van der Waals surface area contributed by atoms with Gasteiger partial charge in [0.25, 0.3) is 0 Å². The van der Waals surface area contributed by atoms with Crippen LogP contribution in [-0.2, 0) is 12.6 Å². The van der Waals surface area contributed by atoms with Crippen LogP contribution in [0.5, 0.6) is 0 Å². The van der Waals surface area contributed by atoms with E-state index < -0.39 is 11.9 Å². The number of halogens is 3. The minimum atomic E-state index is -4.47. The Kier molecular flexibility index (Phi) is 3.94. The zero-order valence-electron chi connectivity index (χ0n) is 11.5. The predicted molar refractivity (Wildman–Crippen MR) is 71.3 cm³/mol. The topological polar surface area (TPSA) is 49.6 Å². The van der Waals surface area contributed by atoms with Crippen LogP contribution in [0, 0.1) is 18.3 Å². The molecule has 0 bridgehead atoms. The van der Waals surface area contributed by atoms with E-state index in [9.17, 15) is 13.2 Å². The van der Waals surface area contributed by atoms with Crippen LogP contribution in [0.25, 0.3) is 11.1 Å². The molecule has 2 rings (SSSR count). The van der Waals surface area contributed by atoms with Crippen molar-refractivity contribution in [3.05, 3.63) is 47.0 Å². The van der Waals surface area contributed by atoms with E-state index in [1.807, 2.05) is 6.07 Å². The zero-order chi connectivity index (χ0) is 15.6. The molecule has 0 saturated heterocycles. The summed E-state index contributed by atoms with van der Waals surface area (Å²) in [7, 11) is 0. The first kappa shape index (κ1) is 15.0. The van der Waals surface area contributed by atoms with Gasteiger partial charge in [0.05, 0.1) is 0 Å². The highest BCUT2D eigenvalue weighted by Gasteiger charge is 2.35. The van der Waals surface area contributed by atoms with Gasteiger partial charge in [-0.1, -0.05) is 6.92 Å². The highest BCUT2D eigenvalue weighted by atomic mass is 19.4. The Morgan fingerprint density at radius 2 is 2.00 bits per heavy atom. The van der Waals surface area contributed by atoms with E-state index in [-0.39, 0.29) is 11.3 Å². The molecule has 2 heterocycles. The monoisotopic (exact) mass is 291 g/mol. The lowest BCUT2D eigenvalue weighted by atomic mass is 9.95.